The highest BCUT2D eigenvalue weighted by atomic mass is 32.1. The molecule has 0 radical (unpaired) electrons. The fourth-order valence-corrected chi connectivity index (χ4v) is 1.80. The average molecular weight is 273 g/mol. The predicted molar refractivity (Wildman–Crippen MR) is 81.2 cm³/mol. The number of hydrogen-bond acceptors (Lipinski definition) is 4. The number of benzene rings is 1. The van der Waals surface area contributed by atoms with Crippen LogP contribution in [0.2, 0.25) is 0 Å². The Labute approximate surface area is 117 Å². The Morgan fingerprint density at radius 3 is 2.47 bits per heavy atom. The van der Waals surface area contributed by atoms with Crippen molar-refractivity contribution < 1.29 is 4.74 Å². The summed E-state index contributed by atoms with van der Waals surface area (Å²) in [6, 6.07) is 13.3. The number of ether oxygens (including phenoxy) is 1. The number of aromatic nitrogens is 1. The molecule has 0 unspecified atom stereocenters. The number of nitrogens with two attached hydrogens (primary N) is 1. The molecule has 5 heteroatoms. The Balaban J connectivity index is 2.29. The number of methoxy groups -OCH3 is 1. The summed E-state index contributed by atoms with van der Waals surface area (Å²) in [4.78, 5) is 6.68. The summed E-state index contributed by atoms with van der Waals surface area (Å²) in [6.07, 6.45) is 0. The maximum atomic E-state index is 5.59. The van der Waals surface area contributed by atoms with E-state index in [1.165, 1.54) is 0 Å². The molecule has 98 valence electrons. The van der Waals surface area contributed by atoms with Crippen molar-refractivity contribution in [3.8, 4) is 5.75 Å². The Morgan fingerprint density at radius 1 is 1.21 bits per heavy atom. The van der Waals surface area contributed by atoms with Crippen molar-refractivity contribution in [2.45, 2.75) is 0 Å². The maximum Gasteiger partial charge on any atom is 0.133 e. The van der Waals surface area contributed by atoms with Crippen LogP contribution >= 0.6 is 12.2 Å². The van der Waals surface area contributed by atoms with E-state index in [1.54, 1.807) is 13.2 Å². The molecule has 0 bridgehead atoms. The van der Waals surface area contributed by atoms with Gasteiger partial charge in [0.25, 0.3) is 0 Å². The predicted octanol–water partition coefficient (Wildman–Crippen LogP) is 2.49. The number of rotatable bonds is 4. The van der Waals surface area contributed by atoms with Crippen LogP contribution in [0.3, 0.4) is 0 Å². The van der Waals surface area contributed by atoms with Crippen LogP contribution < -0.4 is 15.4 Å². The Bertz CT molecular complexity index is 583. The second-order valence-corrected chi connectivity index (χ2v) is 4.44. The summed E-state index contributed by atoms with van der Waals surface area (Å²) in [6.45, 7) is 0. The first-order valence-electron chi connectivity index (χ1n) is 5.76. The summed E-state index contributed by atoms with van der Waals surface area (Å²) in [5.74, 6) is 1.61. The van der Waals surface area contributed by atoms with Gasteiger partial charge in [0.15, 0.2) is 0 Å². The Morgan fingerprint density at radius 2 is 1.89 bits per heavy atom. The number of nitrogens with zero attached hydrogens (tertiary/aromatic N) is 2. The molecule has 0 amide bonds. The molecule has 2 aromatic rings. The van der Waals surface area contributed by atoms with Crippen LogP contribution in [0.1, 0.15) is 5.69 Å². The molecule has 1 aromatic heterocycles. The first-order valence-corrected chi connectivity index (χ1v) is 6.17. The van der Waals surface area contributed by atoms with E-state index in [-0.39, 0.29) is 0 Å². The molecular formula is C14H15N3OS. The lowest BCUT2D eigenvalue weighted by molar-refractivity contribution is 0.415. The van der Waals surface area contributed by atoms with E-state index >= 15 is 0 Å². The van der Waals surface area contributed by atoms with Gasteiger partial charge in [-0.2, -0.15) is 0 Å². The largest absolute Gasteiger partial charge is 0.497 e. The van der Waals surface area contributed by atoms with Gasteiger partial charge in [0.05, 0.1) is 12.8 Å². The molecule has 0 aliphatic rings. The van der Waals surface area contributed by atoms with E-state index in [4.69, 9.17) is 22.7 Å². The molecule has 0 saturated heterocycles. The van der Waals surface area contributed by atoms with E-state index < -0.39 is 0 Å². The van der Waals surface area contributed by atoms with Gasteiger partial charge in [-0.15, -0.1) is 0 Å². The first kappa shape index (κ1) is 13.3. The zero-order valence-corrected chi connectivity index (χ0v) is 11.6. The van der Waals surface area contributed by atoms with Crippen LogP contribution in [-0.2, 0) is 0 Å². The molecule has 0 spiro atoms. The molecular weight excluding hydrogens is 258 g/mol. The fourth-order valence-electron chi connectivity index (χ4n) is 1.69. The van der Waals surface area contributed by atoms with E-state index in [0.717, 1.165) is 17.3 Å². The molecule has 2 rings (SSSR count). The van der Waals surface area contributed by atoms with E-state index in [2.05, 4.69) is 4.98 Å². The quantitative estimate of drug-likeness (QED) is 0.867. The second-order valence-electron chi connectivity index (χ2n) is 4.00. The van der Waals surface area contributed by atoms with Gasteiger partial charge < -0.3 is 15.4 Å². The minimum atomic E-state index is 0.296. The van der Waals surface area contributed by atoms with E-state index in [1.807, 2.05) is 48.3 Å². The van der Waals surface area contributed by atoms with Gasteiger partial charge in [-0.05, 0) is 36.4 Å². The average Bonchev–Trinajstić information content (AvgIpc) is 2.46. The SMILES string of the molecule is COc1ccc(N(C)c2cccc(C(N)=S)n2)cc1. The molecule has 0 atom stereocenters. The minimum Gasteiger partial charge on any atom is -0.497 e. The topological polar surface area (TPSA) is 51.4 Å². The lowest BCUT2D eigenvalue weighted by Gasteiger charge is -2.19. The summed E-state index contributed by atoms with van der Waals surface area (Å²) < 4.78 is 5.14. The van der Waals surface area contributed by atoms with Gasteiger partial charge in [0.2, 0.25) is 0 Å². The fraction of sp³-hybridized carbons (Fsp3) is 0.143. The van der Waals surface area contributed by atoms with Crippen LogP contribution in [0, 0.1) is 0 Å². The molecule has 1 heterocycles. The smallest absolute Gasteiger partial charge is 0.133 e. The van der Waals surface area contributed by atoms with Crippen molar-refractivity contribution in [3.63, 3.8) is 0 Å². The van der Waals surface area contributed by atoms with Gasteiger partial charge in [0, 0.05) is 12.7 Å². The van der Waals surface area contributed by atoms with E-state index in [9.17, 15) is 0 Å². The van der Waals surface area contributed by atoms with Crippen molar-refractivity contribution in [1.82, 2.24) is 4.98 Å². The number of thiocarbonyl (C=S) groups is 1. The van der Waals surface area contributed by atoms with Crippen molar-refractivity contribution in [3.05, 3.63) is 48.2 Å². The highest BCUT2D eigenvalue weighted by Crippen LogP contribution is 2.24. The highest BCUT2D eigenvalue weighted by Gasteiger charge is 2.07. The lowest BCUT2D eigenvalue weighted by Crippen LogP contribution is -2.16. The van der Waals surface area contributed by atoms with Gasteiger partial charge in [-0.1, -0.05) is 18.3 Å². The number of anilines is 2. The van der Waals surface area contributed by atoms with Gasteiger partial charge >= 0.3 is 0 Å². The van der Waals surface area contributed by atoms with Gasteiger partial charge in [0.1, 0.15) is 16.6 Å². The maximum absolute atomic E-state index is 5.59. The normalized spacial score (nSPS) is 10.0. The highest BCUT2D eigenvalue weighted by molar-refractivity contribution is 7.80. The molecule has 2 N–H and O–H groups in total. The van der Waals surface area contributed by atoms with Crippen LogP contribution in [0.4, 0.5) is 11.5 Å². The van der Waals surface area contributed by atoms with Gasteiger partial charge in [-0.3, -0.25) is 0 Å². The molecule has 0 aliphatic carbocycles. The molecule has 0 fully saturated rings. The van der Waals surface area contributed by atoms with Crippen LogP contribution in [0.15, 0.2) is 42.5 Å². The number of hydrogen-bond donors (Lipinski definition) is 1. The lowest BCUT2D eigenvalue weighted by atomic mass is 10.2. The summed E-state index contributed by atoms with van der Waals surface area (Å²) in [7, 11) is 3.58. The van der Waals surface area contributed by atoms with Crippen LogP contribution in [-0.4, -0.2) is 24.1 Å². The molecule has 19 heavy (non-hydrogen) atoms. The van der Waals surface area contributed by atoms with Crippen molar-refractivity contribution in [2.24, 2.45) is 5.73 Å². The minimum absolute atomic E-state index is 0.296. The first-order chi connectivity index (χ1) is 9.11. The van der Waals surface area contributed by atoms with Crippen LogP contribution in [0.5, 0.6) is 5.75 Å². The second kappa shape index (κ2) is 5.67. The molecule has 1 aromatic carbocycles. The molecule has 0 saturated carbocycles. The third kappa shape index (κ3) is 3.00. The van der Waals surface area contributed by atoms with E-state index in [0.29, 0.717) is 10.7 Å². The third-order valence-corrected chi connectivity index (χ3v) is 3.00. The standard InChI is InChI=1S/C14H15N3OS/c1-17(10-6-8-11(18-2)9-7-10)13-5-3-4-12(16-13)14(15)19/h3-9H,1-2H3,(H2,15,19). The van der Waals surface area contributed by atoms with Crippen molar-refractivity contribution >= 4 is 28.7 Å². The van der Waals surface area contributed by atoms with Gasteiger partial charge in [-0.25, -0.2) is 4.98 Å². The van der Waals surface area contributed by atoms with Crippen molar-refractivity contribution in [2.75, 3.05) is 19.1 Å². The monoisotopic (exact) mass is 273 g/mol. The number of pyridine rings is 1. The molecule has 4 nitrogen and oxygen atoms in total. The third-order valence-electron chi connectivity index (χ3n) is 2.79. The van der Waals surface area contributed by atoms with Crippen LogP contribution in [0.25, 0.3) is 0 Å². The summed E-state index contributed by atoms with van der Waals surface area (Å²) in [5.41, 5.74) is 7.22. The van der Waals surface area contributed by atoms with Crippen molar-refractivity contribution in [1.29, 1.82) is 0 Å². The molecule has 0 aliphatic heterocycles. The summed E-state index contributed by atoms with van der Waals surface area (Å²) >= 11 is 4.94. The summed E-state index contributed by atoms with van der Waals surface area (Å²) in [5, 5.41) is 0. The Hall–Kier alpha value is -2.14. The zero-order chi connectivity index (χ0) is 13.8. The zero-order valence-electron chi connectivity index (χ0n) is 10.8. The Kier molecular flexibility index (Phi) is 3.97.